The fraction of sp³-hybridized carbons (Fsp3) is 0.824. The molecule has 4 nitrogen and oxygen atoms in total. The summed E-state index contributed by atoms with van der Waals surface area (Å²) < 4.78 is 0. The van der Waals surface area contributed by atoms with Crippen LogP contribution in [0.3, 0.4) is 0 Å². The third kappa shape index (κ3) is 4.22. The molecular weight excluding hydrogens is 268 g/mol. The minimum absolute atomic E-state index is 0.104. The van der Waals surface area contributed by atoms with E-state index in [0.717, 1.165) is 25.7 Å². The van der Waals surface area contributed by atoms with E-state index in [9.17, 15) is 19.5 Å². The first-order chi connectivity index (χ1) is 9.72. The first-order valence-corrected chi connectivity index (χ1v) is 7.98. The Balaban J connectivity index is 3.00. The number of carbonyl (C=O) groups is 3. The molecule has 0 amide bonds. The van der Waals surface area contributed by atoms with Gasteiger partial charge >= 0.3 is 0 Å². The van der Waals surface area contributed by atoms with Gasteiger partial charge in [-0.2, -0.15) is 0 Å². The summed E-state index contributed by atoms with van der Waals surface area (Å²) in [7, 11) is 0. The van der Waals surface area contributed by atoms with Crippen LogP contribution in [0.2, 0.25) is 0 Å². The maximum atomic E-state index is 12.2. The second kappa shape index (κ2) is 7.30. The molecule has 0 spiro atoms. The number of unbranched alkanes of at least 4 members (excludes halogenated alkanes) is 3. The van der Waals surface area contributed by atoms with Crippen LogP contribution in [-0.4, -0.2) is 28.1 Å². The van der Waals surface area contributed by atoms with E-state index < -0.39 is 17.4 Å². The molecule has 1 rings (SSSR count). The van der Waals surface area contributed by atoms with E-state index in [1.165, 1.54) is 13.8 Å². The van der Waals surface area contributed by atoms with E-state index in [1.807, 2.05) is 0 Å². The van der Waals surface area contributed by atoms with Gasteiger partial charge in [-0.15, -0.1) is 0 Å². The Labute approximate surface area is 127 Å². The minimum Gasteiger partial charge on any atom is -0.389 e. The third-order valence-electron chi connectivity index (χ3n) is 4.67. The SMILES string of the molecule is CCCCCCC1C(C(C)=O)C(=O)CC(C)(O)C1C(C)=O. The quantitative estimate of drug-likeness (QED) is 0.579. The van der Waals surface area contributed by atoms with Crippen LogP contribution in [0.4, 0.5) is 0 Å². The van der Waals surface area contributed by atoms with E-state index in [1.54, 1.807) is 6.92 Å². The predicted octanol–water partition coefficient (Wildman–Crippen LogP) is 2.71. The van der Waals surface area contributed by atoms with Crippen molar-refractivity contribution in [1.82, 2.24) is 0 Å². The van der Waals surface area contributed by atoms with Crippen molar-refractivity contribution in [1.29, 1.82) is 0 Å². The molecule has 0 aromatic carbocycles. The largest absolute Gasteiger partial charge is 0.389 e. The highest BCUT2D eigenvalue weighted by molar-refractivity contribution is 6.04. The Kier molecular flexibility index (Phi) is 6.26. The molecule has 1 fully saturated rings. The zero-order chi connectivity index (χ0) is 16.2. The zero-order valence-electron chi connectivity index (χ0n) is 13.6. The molecule has 4 heteroatoms. The van der Waals surface area contributed by atoms with Gasteiger partial charge in [0.05, 0.1) is 17.4 Å². The Hall–Kier alpha value is -1.03. The standard InChI is InChI=1S/C17H28O4/c1-5-6-7-8-9-13-15(11(2)18)14(20)10-17(4,21)16(13)12(3)19/h13,15-16,21H,5-10H2,1-4H3. The van der Waals surface area contributed by atoms with Gasteiger partial charge in [0.2, 0.25) is 0 Å². The average Bonchev–Trinajstić information content (AvgIpc) is 2.31. The predicted molar refractivity (Wildman–Crippen MR) is 80.8 cm³/mol. The summed E-state index contributed by atoms with van der Waals surface area (Å²) >= 11 is 0. The van der Waals surface area contributed by atoms with Gasteiger partial charge in [0.15, 0.2) is 0 Å². The van der Waals surface area contributed by atoms with Crippen LogP contribution in [0.15, 0.2) is 0 Å². The summed E-state index contributed by atoms with van der Waals surface area (Å²) in [5.41, 5.74) is -1.33. The number of aliphatic hydroxyl groups is 1. The number of hydrogen-bond donors (Lipinski definition) is 1. The van der Waals surface area contributed by atoms with Crippen molar-refractivity contribution < 1.29 is 19.5 Å². The second-order valence-electron chi connectivity index (χ2n) is 6.69. The zero-order valence-corrected chi connectivity index (χ0v) is 13.6. The number of hydrogen-bond acceptors (Lipinski definition) is 4. The van der Waals surface area contributed by atoms with Crippen LogP contribution in [0.1, 0.15) is 66.2 Å². The smallest absolute Gasteiger partial charge is 0.146 e. The fourth-order valence-corrected chi connectivity index (χ4v) is 3.87. The monoisotopic (exact) mass is 296 g/mol. The molecule has 4 unspecified atom stereocenters. The van der Waals surface area contributed by atoms with E-state index in [-0.39, 0.29) is 29.7 Å². The lowest BCUT2D eigenvalue weighted by Gasteiger charge is -2.44. The van der Waals surface area contributed by atoms with Gasteiger partial charge in [0.1, 0.15) is 17.3 Å². The van der Waals surface area contributed by atoms with Crippen molar-refractivity contribution in [2.24, 2.45) is 17.8 Å². The highest BCUT2D eigenvalue weighted by Crippen LogP contribution is 2.43. The second-order valence-corrected chi connectivity index (χ2v) is 6.69. The number of Topliss-reactive ketones (excluding diaryl/α,β-unsaturated/α-hetero) is 3. The van der Waals surface area contributed by atoms with Gasteiger partial charge in [0.25, 0.3) is 0 Å². The van der Waals surface area contributed by atoms with E-state index >= 15 is 0 Å². The Morgan fingerprint density at radius 3 is 2.29 bits per heavy atom. The Morgan fingerprint density at radius 2 is 1.81 bits per heavy atom. The van der Waals surface area contributed by atoms with Gasteiger partial charge in [-0.25, -0.2) is 0 Å². The Morgan fingerprint density at radius 1 is 1.19 bits per heavy atom. The van der Waals surface area contributed by atoms with Crippen molar-refractivity contribution in [3.8, 4) is 0 Å². The lowest BCUT2D eigenvalue weighted by molar-refractivity contribution is -0.156. The number of carbonyl (C=O) groups excluding carboxylic acids is 3. The normalized spacial score (nSPS) is 33.0. The van der Waals surface area contributed by atoms with Crippen molar-refractivity contribution in [3.63, 3.8) is 0 Å². The van der Waals surface area contributed by atoms with Crippen LogP contribution in [0.5, 0.6) is 0 Å². The van der Waals surface area contributed by atoms with E-state index in [4.69, 9.17) is 0 Å². The summed E-state index contributed by atoms with van der Waals surface area (Å²) in [5, 5.41) is 10.5. The highest BCUT2D eigenvalue weighted by atomic mass is 16.3. The maximum absolute atomic E-state index is 12.2. The van der Waals surface area contributed by atoms with Crippen molar-refractivity contribution in [2.45, 2.75) is 71.8 Å². The highest BCUT2D eigenvalue weighted by Gasteiger charge is 2.52. The molecule has 0 bridgehead atoms. The third-order valence-corrected chi connectivity index (χ3v) is 4.67. The number of rotatable bonds is 7. The van der Waals surface area contributed by atoms with Gasteiger partial charge in [-0.05, 0) is 33.1 Å². The molecule has 1 saturated carbocycles. The van der Waals surface area contributed by atoms with Crippen molar-refractivity contribution in [3.05, 3.63) is 0 Å². The summed E-state index contributed by atoms with van der Waals surface area (Å²) in [6.45, 7) is 6.53. The lowest BCUT2D eigenvalue weighted by Crippen LogP contribution is -2.55. The molecule has 0 radical (unpaired) electrons. The minimum atomic E-state index is -1.33. The van der Waals surface area contributed by atoms with Crippen molar-refractivity contribution in [2.75, 3.05) is 0 Å². The van der Waals surface area contributed by atoms with Crippen LogP contribution in [0.25, 0.3) is 0 Å². The molecule has 21 heavy (non-hydrogen) atoms. The fourth-order valence-electron chi connectivity index (χ4n) is 3.87. The van der Waals surface area contributed by atoms with Crippen LogP contribution >= 0.6 is 0 Å². The average molecular weight is 296 g/mol. The molecule has 0 aliphatic heterocycles. The van der Waals surface area contributed by atoms with Crippen LogP contribution in [-0.2, 0) is 14.4 Å². The summed E-state index contributed by atoms with van der Waals surface area (Å²) in [6.07, 6.45) is 4.66. The molecule has 1 N–H and O–H groups in total. The summed E-state index contributed by atoms with van der Waals surface area (Å²) in [6, 6.07) is 0. The van der Waals surface area contributed by atoms with Gasteiger partial charge < -0.3 is 5.11 Å². The molecule has 0 aromatic heterocycles. The molecule has 0 heterocycles. The molecular formula is C17H28O4. The van der Waals surface area contributed by atoms with E-state index in [0.29, 0.717) is 6.42 Å². The molecule has 120 valence electrons. The molecule has 0 aromatic rings. The summed E-state index contributed by atoms with van der Waals surface area (Å²) in [4.78, 5) is 36.1. The van der Waals surface area contributed by atoms with Gasteiger partial charge in [-0.1, -0.05) is 32.6 Å². The lowest BCUT2D eigenvalue weighted by atomic mass is 9.60. The van der Waals surface area contributed by atoms with Crippen molar-refractivity contribution >= 4 is 17.3 Å². The maximum Gasteiger partial charge on any atom is 0.146 e. The summed E-state index contributed by atoms with van der Waals surface area (Å²) in [5.74, 6) is -2.22. The number of ketones is 3. The van der Waals surface area contributed by atoms with E-state index in [2.05, 4.69) is 6.92 Å². The first-order valence-electron chi connectivity index (χ1n) is 7.98. The van der Waals surface area contributed by atoms with Gasteiger partial charge in [0, 0.05) is 6.42 Å². The first kappa shape index (κ1) is 18.0. The molecule has 4 atom stereocenters. The topological polar surface area (TPSA) is 71.4 Å². The van der Waals surface area contributed by atoms with Crippen LogP contribution in [0, 0.1) is 17.8 Å². The molecule has 1 aliphatic carbocycles. The molecule has 0 saturated heterocycles. The Bertz CT molecular complexity index is 411. The van der Waals surface area contributed by atoms with Gasteiger partial charge in [-0.3, -0.25) is 14.4 Å². The molecule has 1 aliphatic rings. The van der Waals surface area contributed by atoms with Crippen LogP contribution < -0.4 is 0 Å².